The molecule has 1 heterocycles. The molecule has 1 aliphatic rings. The van der Waals surface area contributed by atoms with Gasteiger partial charge in [0, 0.05) is 30.1 Å². The first-order chi connectivity index (χ1) is 16.0. The number of carbonyl (C=O) groups excluding carboxylic acids is 2. The molecular formula is C27H30N2O4. The van der Waals surface area contributed by atoms with E-state index in [0.717, 1.165) is 21.9 Å². The molecule has 3 aromatic rings. The molecule has 0 radical (unpaired) electrons. The predicted octanol–water partition coefficient (Wildman–Crippen LogP) is 4.59. The van der Waals surface area contributed by atoms with Crippen LogP contribution < -0.4 is 14.8 Å². The second-order valence-corrected chi connectivity index (χ2v) is 8.43. The number of ether oxygens (including phenoxy) is 2. The van der Waals surface area contributed by atoms with E-state index < -0.39 is 0 Å². The van der Waals surface area contributed by atoms with Gasteiger partial charge >= 0.3 is 0 Å². The number of hydrogen-bond acceptors (Lipinski definition) is 4. The van der Waals surface area contributed by atoms with Crippen LogP contribution in [0.15, 0.2) is 60.7 Å². The number of benzene rings is 3. The lowest BCUT2D eigenvalue weighted by atomic mass is 9.94. The van der Waals surface area contributed by atoms with Gasteiger partial charge in [-0.2, -0.15) is 0 Å². The summed E-state index contributed by atoms with van der Waals surface area (Å²) >= 11 is 0. The van der Waals surface area contributed by atoms with Gasteiger partial charge in [-0.3, -0.25) is 9.59 Å². The number of rotatable bonds is 6. The molecule has 0 spiro atoms. The Balaban J connectivity index is 1.39. The molecule has 1 fully saturated rings. The fraction of sp³-hybridized carbons (Fsp3) is 0.333. The molecule has 2 amide bonds. The van der Waals surface area contributed by atoms with Crippen LogP contribution in [0.1, 0.15) is 41.7 Å². The third-order valence-electron chi connectivity index (χ3n) is 6.44. The summed E-state index contributed by atoms with van der Waals surface area (Å²) in [7, 11) is 3.23. The average molecular weight is 447 g/mol. The van der Waals surface area contributed by atoms with Gasteiger partial charge in [0.25, 0.3) is 5.91 Å². The van der Waals surface area contributed by atoms with Gasteiger partial charge in [0.15, 0.2) is 0 Å². The lowest BCUT2D eigenvalue weighted by Gasteiger charge is -2.32. The van der Waals surface area contributed by atoms with Crippen molar-refractivity contribution in [2.45, 2.75) is 25.8 Å². The van der Waals surface area contributed by atoms with Crippen LogP contribution in [-0.4, -0.2) is 44.0 Å². The second kappa shape index (κ2) is 9.94. The third-order valence-corrected chi connectivity index (χ3v) is 6.44. The molecule has 6 nitrogen and oxygen atoms in total. The minimum absolute atomic E-state index is 0.00429. The van der Waals surface area contributed by atoms with Gasteiger partial charge < -0.3 is 19.7 Å². The molecule has 33 heavy (non-hydrogen) atoms. The molecule has 6 heteroatoms. The number of nitrogens with one attached hydrogen (secondary N) is 1. The number of carbonyl (C=O) groups is 2. The van der Waals surface area contributed by atoms with Gasteiger partial charge in [-0.25, -0.2) is 0 Å². The molecule has 0 bridgehead atoms. The van der Waals surface area contributed by atoms with E-state index in [0.29, 0.717) is 37.4 Å². The number of hydrogen-bond donors (Lipinski definition) is 1. The standard InChI is InChI=1S/C27H30N2O4/c1-18(24-17-21(32-2)11-12-25(24)33-3)28-26(30)20-13-15-29(16-14-20)27(31)23-10-6-8-19-7-4-5-9-22(19)23/h4-12,17-18,20H,13-16H2,1-3H3,(H,28,30)/t18-/m0/s1. The van der Waals surface area contributed by atoms with Crippen LogP contribution in [0.25, 0.3) is 10.8 Å². The molecule has 3 aromatic carbocycles. The molecule has 1 atom stereocenters. The highest BCUT2D eigenvalue weighted by atomic mass is 16.5. The highest BCUT2D eigenvalue weighted by Gasteiger charge is 2.29. The molecular weight excluding hydrogens is 416 g/mol. The number of nitrogens with zero attached hydrogens (tertiary/aromatic N) is 1. The molecule has 1 saturated heterocycles. The molecule has 0 aliphatic carbocycles. The molecule has 1 N–H and O–H groups in total. The molecule has 0 saturated carbocycles. The maximum absolute atomic E-state index is 13.2. The van der Waals surface area contributed by atoms with E-state index in [1.165, 1.54) is 0 Å². The van der Waals surface area contributed by atoms with Crippen molar-refractivity contribution < 1.29 is 19.1 Å². The first-order valence-electron chi connectivity index (χ1n) is 11.3. The Kier molecular flexibility index (Phi) is 6.82. The van der Waals surface area contributed by atoms with Gasteiger partial charge in [0.2, 0.25) is 5.91 Å². The molecule has 0 aromatic heterocycles. The van der Waals surface area contributed by atoms with Crippen molar-refractivity contribution >= 4 is 22.6 Å². The summed E-state index contributed by atoms with van der Waals surface area (Å²) in [4.78, 5) is 28.0. The number of methoxy groups -OCH3 is 2. The van der Waals surface area contributed by atoms with Crippen molar-refractivity contribution in [3.8, 4) is 11.5 Å². The van der Waals surface area contributed by atoms with E-state index >= 15 is 0 Å². The topological polar surface area (TPSA) is 67.9 Å². The smallest absolute Gasteiger partial charge is 0.254 e. The van der Waals surface area contributed by atoms with Crippen molar-refractivity contribution in [2.75, 3.05) is 27.3 Å². The highest BCUT2D eigenvalue weighted by molar-refractivity contribution is 6.07. The first-order valence-corrected chi connectivity index (χ1v) is 11.3. The van der Waals surface area contributed by atoms with Crippen LogP contribution in [-0.2, 0) is 4.79 Å². The lowest BCUT2D eigenvalue weighted by molar-refractivity contribution is -0.127. The van der Waals surface area contributed by atoms with Gasteiger partial charge in [0.05, 0.1) is 20.3 Å². The number of piperidine rings is 1. The second-order valence-electron chi connectivity index (χ2n) is 8.43. The van der Waals surface area contributed by atoms with Crippen molar-refractivity contribution in [3.63, 3.8) is 0 Å². The SMILES string of the molecule is COc1ccc(OC)c([C@H](C)NC(=O)C2CCN(C(=O)c3cccc4ccccc34)CC2)c1. The maximum atomic E-state index is 13.2. The summed E-state index contributed by atoms with van der Waals surface area (Å²) < 4.78 is 10.8. The Labute approximate surface area is 194 Å². The monoisotopic (exact) mass is 446 g/mol. The number of likely N-dealkylation sites (tertiary alicyclic amines) is 1. The van der Waals surface area contributed by atoms with Crippen LogP contribution in [0.2, 0.25) is 0 Å². The Hall–Kier alpha value is -3.54. The first kappa shape index (κ1) is 22.6. The van der Waals surface area contributed by atoms with Crippen LogP contribution in [0, 0.1) is 5.92 Å². The normalized spacial score (nSPS) is 15.2. The van der Waals surface area contributed by atoms with E-state index in [1.54, 1.807) is 14.2 Å². The molecule has 0 unspecified atom stereocenters. The summed E-state index contributed by atoms with van der Waals surface area (Å²) in [6, 6.07) is 19.1. The zero-order valence-corrected chi connectivity index (χ0v) is 19.3. The quantitative estimate of drug-likeness (QED) is 0.602. The van der Waals surface area contributed by atoms with Gasteiger partial charge in [-0.15, -0.1) is 0 Å². The van der Waals surface area contributed by atoms with E-state index in [-0.39, 0.29) is 23.8 Å². The average Bonchev–Trinajstić information content (AvgIpc) is 2.87. The summed E-state index contributed by atoms with van der Waals surface area (Å²) in [6.07, 6.45) is 1.29. The summed E-state index contributed by atoms with van der Waals surface area (Å²) in [5.41, 5.74) is 1.59. The van der Waals surface area contributed by atoms with Crippen LogP contribution in [0.4, 0.5) is 0 Å². The fourth-order valence-corrected chi connectivity index (χ4v) is 4.51. The van der Waals surface area contributed by atoms with Crippen LogP contribution >= 0.6 is 0 Å². The largest absolute Gasteiger partial charge is 0.497 e. The van der Waals surface area contributed by atoms with Crippen molar-refractivity contribution in [1.29, 1.82) is 0 Å². The molecule has 4 rings (SSSR count). The van der Waals surface area contributed by atoms with Gasteiger partial charge in [0.1, 0.15) is 11.5 Å². The summed E-state index contributed by atoms with van der Waals surface area (Å²) in [5, 5.41) is 5.13. The Morgan fingerprint density at radius 2 is 1.70 bits per heavy atom. The van der Waals surface area contributed by atoms with E-state index in [4.69, 9.17) is 9.47 Å². The summed E-state index contributed by atoms with van der Waals surface area (Å²) in [5.74, 6) is 1.33. The zero-order chi connectivity index (χ0) is 23.4. The molecule has 172 valence electrons. The summed E-state index contributed by atoms with van der Waals surface area (Å²) in [6.45, 7) is 3.07. The highest BCUT2D eigenvalue weighted by Crippen LogP contribution is 2.30. The van der Waals surface area contributed by atoms with Gasteiger partial charge in [-0.05, 0) is 54.8 Å². The van der Waals surface area contributed by atoms with Crippen molar-refractivity contribution in [3.05, 3.63) is 71.8 Å². The Morgan fingerprint density at radius 3 is 2.42 bits per heavy atom. The van der Waals surface area contributed by atoms with Crippen molar-refractivity contribution in [1.82, 2.24) is 10.2 Å². The third kappa shape index (κ3) is 4.80. The minimum Gasteiger partial charge on any atom is -0.497 e. The van der Waals surface area contributed by atoms with Crippen LogP contribution in [0.5, 0.6) is 11.5 Å². The van der Waals surface area contributed by atoms with Gasteiger partial charge in [-0.1, -0.05) is 36.4 Å². The molecule has 1 aliphatic heterocycles. The number of amides is 2. The Morgan fingerprint density at radius 1 is 0.970 bits per heavy atom. The fourth-order valence-electron chi connectivity index (χ4n) is 4.51. The van der Waals surface area contributed by atoms with E-state index in [9.17, 15) is 9.59 Å². The Bertz CT molecular complexity index is 1150. The van der Waals surface area contributed by atoms with Crippen LogP contribution in [0.3, 0.4) is 0 Å². The zero-order valence-electron chi connectivity index (χ0n) is 19.3. The predicted molar refractivity (Wildman–Crippen MR) is 129 cm³/mol. The van der Waals surface area contributed by atoms with Crippen molar-refractivity contribution in [2.24, 2.45) is 5.92 Å². The van der Waals surface area contributed by atoms with E-state index in [1.807, 2.05) is 72.5 Å². The lowest BCUT2D eigenvalue weighted by Crippen LogP contribution is -2.43. The minimum atomic E-state index is -0.224. The maximum Gasteiger partial charge on any atom is 0.254 e. The number of fused-ring (bicyclic) bond motifs is 1. The van der Waals surface area contributed by atoms with E-state index in [2.05, 4.69) is 5.32 Å².